The van der Waals surface area contributed by atoms with Gasteiger partial charge >= 0.3 is 0 Å². The van der Waals surface area contributed by atoms with Gasteiger partial charge in [0.15, 0.2) is 0 Å². The molecule has 0 aromatic heterocycles. The van der Waals surface area contributed by atoms with Gasteiger partial charge in [0.25, 0.3) is 0 Å². The second-order valence-electron chi connectivity index (χ2n) is 13.5. The molecule has 1 aliphatic carbocycles. The van der Waals surface area contributed by atoms with Gasteiger partial charge in [0.1, 0.15) is 0 Å². The number of hydrogen-bond donors (Lipinski definition) is 0. The zero-order valence-corrected chi connectivity index (χ0v) is 29.1. The molecule has 1 nitrogen and oxygen atoms in total. The Kier molecular flexibility index (Phi) is 4.34. The summed E-state index contributed by atoms with van der Waals surface area (Å²) in [7, 11) is 0. The molecule has 0 radical (unpaired) electrons. The molecule has 0 N–H and O–H groups in total. The van der Waals surface area contributed by atoms with Crippen molar-refractivity contribution in [2.24, 2.45) is 0 Å². The molecule has 9 aromatic carbocycles. The molecule has 256 valence electrons. The van der Waals surface area contributed by atoms with Crippen LogP contribution in [0.2, 0.25) is 0 Å². The molecule has 0 aliphatic heterocycles. The van der Waals surface area contributed by atoms with E-state index in [1.54, 1.807) is 60.7 Å². The van der Waals surface area contributed by atoms with Crippen LogP contribution in [0.1, 0.15) is 49.6 Å². The van der Waals surface area contributed by atoms with E-state index < -0.39 is 142 Å². The minimum atomic E-state index is -0.831. The summed E-state index contributed by atoms with van der Waals surface area (Å²) in [6.07, 6.45) is 0. The number of anilines is 3. The predicted molar refractivity (Wildman–Crippen MR) is 230 cm³/mol. The SMILES string of the molecule is [2H]c1c([2H])c([2H])c(-c2c([2H])c([2H])c(N(c3ccc4c(c3)C(C)(C)c3ccccc3-4)c3c([2H])c([2H])c([2H])c(-c4c([2H])c([2H])c([2H])c([2H])c4[2H])c3-c3c([2H])c4ccccc4c4ccccc34)c([2H])c2[2H])c([2H])c1[2H]. The van der Waals surface area contributed by atoms with E-state index in [9.17, 15) is 13.7 Å². The molecule has 0 spiro atoms. The highest BCUT2D eigenvalue weighted by atomic mass is 15.1. The van der Waals surface area contributed by atoms with Gasteiger partial charge in [-0.2, -0.15) is 0 Å². The smallest absolute Gasteiger partial charge is 0.0645 e. The fourth-order valence-corrected chi connectivity index (χ4v) is 7.65. The highest BCUT2D eigenvalue weighted by Gasteiger charge is 2.36. The standard InChI is InChI=1S/C53H39N/c1-53(2)49-26-14-13-24-46(49)47-33-32-41(35-50(47)53)54(40-30-28-37(29-31-40)36-16-5-3-6-17-36)51-27-15-25-43(38-18-7-4-8-19-38)52(51)48-34-39-20-9-10-21-42(39)44-22-11-12-23-45(44)48/h3-35H,1-2H3/i3D,4D,5D,6D,7D,8D,15D,16D,17D,18D,19D,25D,27D,28D,29D,30D,31D,34D. The zero-order valence-electron chi connectivity index (χ0n) is 47.1. The molecule has 9 aromatic rings. The van der Waals surface area contributed by atoms with Crippen molar-refractivity contribution in [2.75, 3.05) is 4.90 Å². The summed E-state index contributed by atoms with van der Waals surface area (Å²) >= 11 is 0. The molecule has 0 heterocycles. The van der Waals surface area contributed by atoms with Crippen molar-refractivity contribution in [1.82, 2.24) is 0 Å². The van der Waals surface area contributed by atoms with Gasteiger partial charge < -0.3 is 4.90 Å². The second kappa shape index (κ2) is 12.8. The molecule has 0 unspecified atom stereocenters. The third-order valence-electron chi connectivity index (χ3n) is 10.2. The molecule has 1 aliphatic rings. The van der Waals surface area contributed by atoms with E-state index in [4.69, 9.17) is 11.0 Å². The monoisotopic (exact) mass is 707 g/mol. The molecular formula is C53H39N. The second-order valence-corrected chi connectivity index (χ2v) is 13.5. The largest absolute Gasteiger partial charge is 0.310 e. The molecule has 54 heavy (non-hydrogen) atoms. The summed E-state index contributed by atoms with van der Waals surface area (Å²) in [6.45, 7) is 4.00. The lowest BCUT2D eigenvalue weighted by atomic mass is 9.82. The summed E-state index contributed by atoms with van der Waals surface area (Å²) in [6, 6.07) is 13.5. The number of fused-ring (bicyclic) bond motifs is 6. The topological polar surface area (TPSA) is 3.24 Å². The highest BCUT2D eigenvalue weighted by Crippen LogP contribution is 2.53. The van der Waals surface area contributed by atoms with Gasteiger partial charge in [-0.25, -0.2) is 0 Å². The van der Waals surface area contributed by atoms with Gasteiger partial charge in [0.2, 0.25) is 0 Å². The van der Waals surface area contributed by atoms with Gasteiger partial charge in [-0.05, 0) is 108 Å². The van der Waals surface area contributed by atoms with E-state index in [1.165, 1.54) is 4.90 Å². The third-order valence-corrected chi connectivity index (χ3v) is 10.2. The molecule has 0 saturated heterocycles. The molecule has 0 amide bonds. The molecule has 0 fully saturated rings. The highest BCUT2D eigenvalue weighted by molar-refractivity contribution is 6.16. The van der Waals surface area contributed by atoms with Crippen LogP contribution in [0.5, 0.6) is 0 Å². The Balaban J connectivity index is 1.46. The van der Waals surface area contributed by atoms with Crippen molar-refractivity contribution in [3.8, 4) is 44.5 Å². The van der Waals surface area contributed by atoms with Gasteiger partial charge in [-0.3, -0.25) is 0 Å². The number of hydrogen-bond acceptors (Lipinski definition) is 1. The Labute approximate surface area is 342 Å². The van der Waals surface area contributed by atoms with Gasteiger partial charge in [-0.1, -0.05) is 177 Å². The molecule has 0 saturated carbocycles. The first-order valence-electron chi connectivity index (χ1n) is 26.4. The summed E-state index contributed by atoms with van der Waals surface area (Å²) in [5, 5.41) is 1.96. The van der Waals surface area contributed by atoms with E-state index in [2.05, 4.69) is 0 Å². The Hall–Kier alpha value is -6.70. The van der Waals surface area contributed by atoms with Crippen molar-refractivity contribution in [3.05, 3.63) is 211 Å². The van der Waals surface area contributed by atoms with Crippen LogP contribution in [-0.4, -0.2) is 0 Å². The fraction of sp³-hybridized carbons (Fsp3) is 0.0566. The molecule has 1 heteroatoms. The maximum Gasteiger partial charge on any atom is 0.0645 e. The Morgan fingerprint density at radius 3 is 1.85 bits per heavy atom. The maximum absolute atomic E-state index is 10.1. The average Bonchev–Trinajstić information content (AvgIpc) is 3.61. The fourth-order valence-electron chi connectivity index (χ4n) is 7.65. The van der Waals surface area contributed by atoms with E-state index in [0.717, 1.165) is 22.3 Å². The van der Waals surface area contributed by atoms with E-state index >= 15 is 0 Å². The lowest BCUT2D eigenvalue weighted by Crippen LogP contribution is -2.17. The van der Waals surface area contributed by atoms with Crippen LogP contribution < -0.4 is 4.90 Å². The summed E-state index contributed by atoms with van der Waals surface area (Å²) in [5.41, 5.74) is -0.572. The summed E-state index contributed by atoms with van der Waals surface area (Å²) in [4.78, 5) is 1.21. The van der Waals surface area contributed by atoms with E-state index in [0.29, 0.717) is 21.5 Å². The van der Waals surface area contributed by atoms with E-state index in [-0.39, 0.29) is 22.9 Å². The van der Waals surface area contributed by atoms with Crippen LogP contribution in [0.3, 0.4) is 0 Å². The van der Waals surface area contributed by atoms with Crippen LogP contribution in [-0.2, 0) is 5.41 Å². The Morgan fingerprint density at radius 2 is 1.07 bits per heavy atom. The maximum atomic E-state index is 10.1. The average molecular weight is 708 g/mol. The Morgan fingerprint density at radius 1 is 0.444 bits per heavy atom. The van der Waals surface area contributed by atoms with E-state index in [1.807, 2.05) is 44.2 Å². The van der Waals surface area contributed by atoms with Gasteiger partial charge in [-0.15, -0.1) is 0 Å². The first kappa shape index (κ1) is 18.4. The minimum absolute atomic E-state index is 0.00647. The zero-order chi connectivity index (χ0) is 51.9. The molecule has 10 rings (SSSR count). The van der Waals surface area contributed by atoms with Crippen molar-refractivity contribution in [2.45, 2.75) is 19.3 Å². The van der Waals surface area contributed by atoms with Crippen molar-refractivity contribution >= 4 is 38.6 Å². The van der Waals surface area contributed by atoms with Crippen LogP contribution in [0.25, 0.3) is 66.1 Å². The summed E-state index contributed by atoms with van der Waals surface area (Å²) in [5.74, 6) is 0. The van der Waals surface area contributed by atoms with Gasteiger partial charge in [0, 0.05) is 22.4 Å². The van der Waals surface area contributed by atoms with Crippen LogP contribution in [0.15, 0.2) is 200 Å². The van der Waals surface area contributed by atoms with Crippen molar-refractivity contribution in [3.63, 3.8) is 0 Å². The predicted octanol–water partition coefficient (Wildman–Crippen LogP) is 14.8. The lowest BCUT2D eigenvalue weighted by molar-refractivity contribution is 0.660. The Bertz CT molecular complexity index is 3810. The summed E-state index contributed by atoms with van der Waals surface area (Å²) < 4.78 is 165. The van der Waals surface area contributed by atoms with Crippen molar-refractivity contribution < 1.29 is 24.7 Å². The van der Waals surface area contributed by atoms with Crippen LogP contribution in [0.4, 0.5) is 17.1 Å². The van der Waals surface area contributed by atoms with Crippen molar-refractivity contribution in [1.29, 1.82) is 0 Å². The lowest BCUT2D eigenvalue weighted by Gasteiger charge is -2.31. The van der Waals surface area contributed by atoms with Crippen LogP contribution >= 0.6 is 0 Å². The third kappa shape index (κ3) is 5.16. The molecule has 0 atom stereocenters. The van der Waals surface area contributed by atoms with Gasteiger partial charge in [0.05, 0.1) is 30.4 Å². The first-order valence-corrected chi connectivity index (χ1v) is 17.4. The first-order chi connectivity index (χ1) is 34.1. The quantitative estimate of drug-likeness (QED) is 0.156. The number of nitrogens with zero attached hydrogens (tertiary/aromatic N) is 1. The normalized spacial score (nSPS) is 17.4. The molecular weight excluding hydrogens is 651 g/mol. The van der Waals surface area contributed by atoms with Crippen LogP contribution in [0, 0.1) is 0 Å². The number of rotatable bonds is 6. The number of benzene rings is 9. The minimum Gasteiger partial charge on any atom is -0.310 e. The molecule has 0 bridgehead atoms.